The lowest BCUT2D eigenvalue weighted by Crippen LogP contribution is -2.22. The summed E-state index contributed by atoms with van der Waals surface area (Å²) in [5.41, 5.74) is 0.0651. The van der Waals surface area contributed by atoms with Gasteiger partial charge in [0.25, 0.3) is 0 Å². The Labute approximate surface area is 93.9 Å². The normalized spacial score (nSPS) is 11.0. The van der Waals surface area contributed by atoms with Gasteiger partial charge in [0.05, 0.1) is 11.0 Å². The average molecular weight is 296 g/mol. The van der Waals surface area contributed by atoms with Crippen LogP contribution in [-0.4, -0.2) is 17.0 Å². The first-order valence-corrected chi connectivity index (χ1v) is 5.87. The van der Waals surface area contributed by atoms with Crippen molar-refractivity contribution in [2.45, 2.75) is 26.7 Å². The van der Waals surface area contributed by atoms with Gasteiger partial charge >= 0.3 is 5.97 Å². The summed E-state index contributed by atoms with van der Waals surface area (Å²) in [6.07, 6.45) is 3.86. The largest absolute Gasteiger partial charge is 0.465 e. The number of ether oxygens (including phenoxy) is 1. The Kier molecular flexibility index (Phi) is 6.37. The predicted molar refractivity (Wildman–Crippen MR) is 63.1 cm³/mol. The fourth-order valence-electron chi connectivity index (χ4n) is 0.879. The molecule has 0 amide bonds. The van der Waals surface area contributed by atoms with Gasteiger partial charge in [0.2, 0.25) is 0 Å². The van der Waals surface area contributed by atoms with Gasteiger partial charge in [0.1, 0.15) is 0 Å². The van der Waals surface area contributed by atoms with Crippen molar-refractivity contribution in [2.75, 3.05) is 11.0 Å². The van der Waals surface area contributed by atoms with E-state index in [9.17, 15) is 4.79 Å². The Morgan fingerprint density at radius 1 is 1.62 bits per heavy atom. The van der Waals surface area contributed by atoms with E-state index in [1.54, 1.807) is 0 Å². The minimum Gasteiger partial charge on any atom is -0.465 e. The molecule has 0 aliphatic carbocycles. The summed E-state index contributed by atoms with van der Waals surface area (Å²) in [6.45, 7) is 8.36. The van der Waals surface area contributed by atoms with Gasteiger partial charge < -0.3 is 4.74 Å². The van der Waals surface area contributed by atoms with Crippen LogP contribution in [0.5, 0.6) is 0 Å². The van der Waals surface area contributed by atoms with Crippen LogP contribution in [0, 0.1) is 5.41 Å². The number of halogens is 1. The second-order valence-corrected chi connectivity index (χ2v) is 4.55. The van der Waals surface area contributed by atoms with Gasteiger partial charge in [-0.2, -0.15) is 0 Å². The van der Waals surface area contributed by atoms with Gasteiger partial charge in [-0.25, -0.2) is 0 Å². The second-order valence-electron chi connectivity index (χ2n) is 3.79. The molecule has 0 saturated carbocycles. The molecule has 0 N–H and O–H groups in total. The van der Waals surface area contributed by atoms with Gasteiger partial charge in [-0.15, -0.1) is 6.58 Å². The maximum Gasteiger partial charge on any atom is 0.315 e. The molecule has 0 aliphatic rings. The highest BCUT2D eigenvalue weighted by Gasteiger charge is 2.18. The van der Waals surface area contributed by atoms with E-state index in [0.717, 1.165) is 12.8 Å². The standard InChI is InChI=1S/C10H17IO2/c1-4-5-6-10(2,3)8-13-9(12)7-11/h4H,1,5-8H2,2-3H3. The molecule has 2 nitrogen and oxygen atoms in total. The number of rotatable bonds is 6. The number of carbonyl (C=O) groups is 1. The lowest BCUT2D eigenvalue weighted by Gasteiger charge is -2.23. The van der Waals surface area contributed by atoms with Crippen LogP contribution in [-0.2, 0) is 9.53 Å². The Balaban J connectivity index is 3.73. The fraction of sp³-hybridized carbons (Fsp3) is 0.700. The van der Waals surface area contributed by atoms with Crippen molar-refractivity contribution in [3.63, 3.8) is 0 Å². The molecule has 0 fully saturated rings. The number of carbonyl (C=O) groups excluding carboxylic acids is 1. The average Bonchev–Trinajstić information content (AvgIpc) is 2.11. The molecule has 0 rings (SSSR count). The topological polar surface area (TPSA) is 26.3 Å². The highest BCUT2D eigenvalue weighted by atomic mass is 127. The molecule has 0 aromatic rings. The summed E-state index contributed by atoms with van der Waals surface area (Å²) in [6, 6.07) is 0. The highest BCUT2D eigenvalue weighted by molar-refractivity contribution is 14.1. The van der Waals surface area contributed by atoms with Crippen LogP contribution in [0.1, 0.15) is 26.7 Å². The van der Waals surface area contributed by atoms with Crippen molar-refractivity contribution >= 4 is 28.6 Å². The zero-order chi connectivity index (χ0) is 10.3. The number of allylic oxidation sites excluding steroid dienone is 1. The van der Waals surface area contributed by atoms with Crippen LogP contribution in [0.4, 0.5) is 0 Å². The van der Waals surface area contributed by atoms with Crippen molar-refractivity contribution in [3.8, 4) is 0 Å². The SMILES string of the molecule is C=CCCC(C)(C)COC(=O)CI. The van der Waals surface area contributed by atoms with E-state index in [2.05, 4.69) is 20.4 Å². The Hall–Kier alpha value is -0.0600. The molecule has 13 heavy (non-hydrogen) atoms. The number of hydrogen-bond donors (Lipinski definition) is 0. The monoisotopic (exact) mass is 296 g/mol. The molecule has 0 radical (unpaired) electrons. The van der Waals surface area contributed by atoms with Gasteiger partial charge in [0.15, 0.2) is 0 Å². The van der Waals surface area contributed by atoms with Crippen LogP contribution in [0.3, 0.4) is 0 Å². The van der Waals surface area contributed by atoms with Crippen molar-refractivity contribution in [1.82, 2.24) is 0 Å². The van der Waals surface area contributed by atoms with Crippen LogP contribution in [0.25, 0.3) is 0 Å². The van der Waals surface area contributed by atoms with E-state index < -0.39 is 0 Å². The summed E-state index contributed by atoms with van der Waals surface area (Å²) in [4.78, 5) is 10.9. The van der Waals surface area contributed by atoms with Crippen molar-refractivity contribution in [2.24, 2.45) is 5.41 Å². The Bertz CT molecular complexity index is 176. The maximum absolute atomic E-state index is 10.9. The minimum absolute atomic E-state index is 0.0651. The first kappa shape index (κ1) is 12.9. The first-order valence-electron chi connectivity index (χ1n) is 4.34. The Morgan fingerprint density at radius 3 is 2.69 bits per heavy atom. The molecule has 0 aromatic carbocycles. The summed E-state index contributed by atoms with van der Waals surface area (Å²) >= 11 is 2.00. The van der Waals surface area contributed by atoms with Crippen molar-refractivity contribution in [3.05, 3.63) is 12.7 Å². The zero-order valence-electron chi connectivity index (χ0n) is 8.31. The molecule has 0 unspecified atom stereocenters. The van der Waals surface area contributed by atoms with Gasteiger partial charge in [-0.1, -0.05) is 42.5 Å². The Morgan fingerprint density at radius 2 is 2.23 bits per heavy atom. The molecule has 0 atom stereocenters. The number of hydrogen-bond acceptors (Lipinski definition) is 2. The number of esters is 1. The van der Waals surface area contributed by atoms with E-state index >= 15 is 0 Å². The highest BCUT2D eigenvalue weighted by Crippen LogP contribution is 2.22. The third-order valence-corrected chi connectivity index (χ3v) is 2.38. The van der Waals surface area contributed by atoms with Crippen LogP contribution < -0.4 is 0 Å². The van der Waals surface area contributed by atoms with Crippen LogP contribution in [0.15, 0.2) is 12.7 Å². The summed E-state index contributed by atoms with van der Waals surface area (Å²) < 4.78 is 5.50. The molecular formula is C10H17IO2. The van der Waals surface area contributed by atoms with E-state index in [-0.39, 0.29) is 11.4 Å². The van der Waals surface area contributed by atoms with Crippen molar-refractivity contribution in [1.29, 1.82) is 0 Å². The van der Waals surface area contributed by atoms with E-state index in [0.29, 0.717) is 11.0 Å². The quantitative estimate of drug-likeness (QED) is 0.326. The van der Waals surface area contributed by atoms with E-state index in [4.69, 9.17) is 4.74 Å². The molecular weight excluding hydrogens is 279 g/mol. The lowest BCUT2D eigenvalue weighted by molar-refractivity contribution is -0.143. The van der Waals surface area contributed by atoms with Gasteiger partial charge in [0, 0.05) is 0 Å². The van der Waals surface area contributed by atoms with E-state index in [1.165, 1.54) is 0 Å². The first-order chi connectivity index (χ1) is 6.02. The van der Waals surface area contributed by atoms with Crippen LogP contribution >= 0.6 is 22.6 Å². The lowest BCUT2D eigenvalue weighted by atomic mass is 9.89. The predicted octanol–water partition coefficient (Wildman–Crippen LogP) is 2.96. The minimum atomic E-state index is -0.132. The smallest absolute Gasteiger partial charge is 0.315 e. The fourth-order valence-corrected chi connectivity index (χ4v) is 1.10. The summed E-state index contributed by atoms with van der Waals surface area (Å²) in [7, 11) is 0. The zero-order valence-corrected chi connectivity index (χ0v) is 10.5. The van der Waals surface area contributed by atoms with E-state index in [1.807, 2.05) is 28.7 Å². The molecule has 0 heterocycles. The molecule has 0 bridgehead atoms. The van der Waals surface area contributed by atoms with Gasteiger partial charge in [-0.3, -0.25) is 4.79 Å². The molecule has 76 valence electrons. The second kappa shape index (κ2) is 6.40. The molecule has 0 spiro atoms. The third kappa shape index (κ3) is 7.05. The number of alkyl halides is 1. The van der Waals surface area contributed by atoms with Crippen LogP contribution in [0.2, 0.25) is 0 Å². The maximum atomic E-state index is 10.9. The summed E-state index contributed by atoms with van der Waals surface area (Å²) in [5.74, 6) is -0.132. The molecule has 3 heteroatoms. The van der Waals surface area contributed by atoms with Crippen molar-refractivity contribution < 1.29 is 9.53 Å². The molecule has 0 saturated heterocycles. The molecule has 0 aromatic heterocycles. The third-order valence-electron chi connectivity index (χ3n) is 1.76. The van der Waals surface area contributed by atoms with Gasteiger partial charge in [-0.05, 0) is 18.3 Å². The molecule has 0 aliphatic heterocycles. The summed E-state index contributed by atoms with van der Waals surface area (Å²) in [5, 5.41) is 0.